The molecule has 1 aromatic carbocycles. The summed E-state index contributed by atoms with van der Waals surface area (Å²) in [6, 6.07) is 13.3. The fraction of sp³-hybridized carbons (Fsp3) is 0.400. The summed E-state index contributed by atoms with van der Waals surface area (Å²) in [6.45, 7) is 2.66. The molecule has 0 bridgehead atoms. The van der Waals surface area contributed by atoms with Crippen molar-refractivity contribution >= 4 is 30.7 Å². The van der Waals surface area contributed by atoms with Gasteiger partial charge in [-0.2, -0.15) is 0 Å². The molecule has 2 N–H and O–H groups in total. The summed E-state index contributed by atoms with van der Waals surface area (Å²) in [5.74, 6) is 2.10. The molecule has 0 atom stereocenters. The lowest BCUT2D eigenvalue weighted by molar-refractivity contribution is -0.121. The van der Waals surface area contributed by atoms with E-state index in [1.54, 1.807) is 6.20 Å². The van der Waals surface area contributed by atoms with Gasteiger partial charge in [0.15, 0.2) is 0 Å². The van der Waals surface area contributed by atoms with Gasteiger partial charge in [-0.25, -0.2) is 4.98 Å². The lowest BCUT2D eigenvalue weighted by atomic mass is 9.93. The van der Waals surface area contributed by atoms with Crippen molar-refractivity contribution in [2.24, 2.45) is 5.92 Å². The Bertz CT molecular complexity index is 663. The number of hydrogen-bond donors (Lipinski definition) is 2. The number of amides is 1. The van der Waals surface area contributed by atoms with Crippen LogP contribution >= 0.6 is 24.8 Å². The van der Waals surface area contributed by atoms with Crippen molar-refractivity contribution in [2.75, 3.05) is 13.1 Å². The van der Waals surface area contributed by atoms with Crippen LogP contribution in [0.25, 0.3) is 0 Å². The Balaban J connectivity index is 0.00000182. The van der Waals surface area contributed by atoms with Gasteiger partial charge in [0, 0.05) is 25.2 Å². The summed E-state index contributed by atoms with van der Waals surface area (Å²) in [5.41, 5.74) is 0.968. The molecule has 0 saturated carbocycles. The monoisotopic (exact) mass is 411 g/mol. The predicted octanol–water partition coefficient (Wildman–Crippen LogP) is 4.11. The molecule has 3 rings (SSSR count). The number of aromatic nitrogens is 1. The molecule has 1 aliphatic rings. The normalized spacial score (nSPS) is 13.8. The summed E-state index contributed by atoms with van der Waals surface area (Å²) in [6.07, 6.45) is 5.69. The Morgan fingerprint density at radius 3 is 2.52 bits per heavy atom. The molecular formula is C20H27Cl2N3O2. The minimum atomic E-state index is 0. The molecule has 27 heavy (non-hydrogen) atoms. The zero-order chi connectivity index (χ0) is 17.3. The van der Waals surface area contributed by atoms with Crippen LogP contribution in [0, 0.1) is 5.92 Å². The maximum atomic E-state index is 12.0. The second-order valence-corrected chi connectivity index (χ2v) is 6.43. The Labute approximate surface area is 173 Å². The molecule has 5 nitrogen and oxygen atoms in total. The van der Waals surface area contributed by atoms with Crippen LogP contribution in [0.5, 0.6) is 11.6 Å². The highest BCUT2D eigenvalue weighted by atomic mass is 35.5. The smallest absolute Gasteiger partial charge is 0.220 e. The summed E-state index contributed by atoms with van der Waals surface area (Å²) in [7, 11) is 0. The van der Waals surface area contributed by atoms with E-state index in [1.807, 2.05) is 42.5 Å². The van der Waals surface area contributed by atoms with Crippen molar-refractivity contribution in [3.8, 4) is 11.6 Å². The van der Waals surface area contributed by atoms with Crippen LogP contribution in [-0.4, -0.2) is 24.0 Å². The number of pyridine rings is 1. The molecule has 2 aromatic rings. The van der Waals surface area contributed by atoms with Gasteiger partial charge < -0.3 is 15.4 Å². The van der Waals surface area contributed by atoms with E-state index in [4.69, 9.17) is 4.74 Å². The molecule has 0 spiro atoms. The number of carbonyl (C=O) groups excluding carboxylic acids is 1. The van der Waals surface area contributed by atoms with E-state index in [9.17, 15) is 4.79 Å². The standard InChI is InChI=1S/C20H25N3O2.2ClH/c24-19(8-6-16-10-12-21-13-11-16)22-14-17-7-9-20(23-15-17)25-18-4-2-1-3-5-18;;/h1-5,7,9,15-16,21H,6,8,10-14H2,(H,22,24);2*1H. The number of piperidine rings is 1. The number of rotatable bonds is 7. The lowest BCUT2D eigenvalue weighted by Gasteiger charge is -2.22. The van der Waals surface area contributed by atoms with Crippen molar-refractivity contribution in [1.29, 1.82) is 0 Å². The Hall–Kier alpha value is -1.82. The first-order chi connectivity index (χ1) is 12.3. The van der Waals surface area contributed by atoms with Gasteiger partial charge in [-0.05, 0) is 56.0 Å². The van der Waals surface area contributed by atoms with E-state index < -0.39 is 0 Å². The molecule has 148 valence electrons. The van der Waals surface area contributed by atoms with E-state index in [0.717, 1.165) is 30.8 Å². The van der Waals surface area contributed by atoms with Crippen LogP contribution in [0.1, 0.15) is 31.2 Å². The molecule has 7 heteroatoms. The number of para-hydroxylation sites is 1. The molecular weight excluding hydrogens is 385 g/mol. The number of carbonyl (C=O) groups is 1. The molecule has 1 aromatic heterocycles. The quantitative estimate of drug-likeness (QED) is 0.719. The third-order valence-corrected chi connectivity index (χ3v) is 4.49. The Morgan fingerprint density at radius 1 is 1.11 bits per heavy atom. The van der Waals surface area contributed by atoms with Gasteiger partial charge in [-0.1, -0.05) is 24.3 Å². The summed E-state index contributed by atoms with van der Waals surface area (Å²) < 4.78 is 5.66. The van der Waals surface area contributed by atoms with Crippen molar-refractivity contribution in [3.63, 3.8) is 0 Å². The topological polar surface area (TPSA) is 63.2 Å². The molecule has 0 aliphatic carbocycles. The summed E-state index contributed by atoms with van der Waals surface area (Å²) in [5, 5.41) is 6.32. The minimum absolute atomic E-state index is 0. The zero-order valence-electron chi connectivity index (χ0n) is 15.2. The second kappa shape index (κ2) is 12.5. The van der Waals surface area contributed by atoms with Crippen LogP contribution in [0.4, 0.5) is 0 Å². The number of ether oxygens (including phenoxy) is 1. The van der Waals surface area contributed by atoms with E-state index in [1.165, 1.54) is 12.8 Å². The highest BCUT2D eigenvalue weighted by Crippen LogP contribution is 2.19. The van der Waals surface area contributed by atoms with E-state index >= 15 is 0 Å². The second-order valence-electron chi connectivity index (χ2n) is 6.43. The molecule has 1 saturated heterocycles. The van der Waals surface area contributed by atoms with Gasteiger partial charge in [-0.3, -0.25) is 4.79 Å². The van der Waals surface area contributed by atoms with Gasteiger partial charge >= 0.3 is 0 Å². The number of halogens is 2. The number of nitrogens with zero attached hydrogens (tertiary/aromatic N) is 1. The molecule has 0 unspecified atom stereocenters. The van der Waals surface area contributed by atoms with E-state index in [-0.39, 0.29) is 30.7 Å². The predicted molar refractivity (Wildman–Crippen MR) is 112 cm³/mol. The number of benzene rings is 1. The van der Waals surface area contributed by atoms with Crippen molar-refractivity contribution in [1.82, 2.24) is 15.6 Å². The molecule has 2 heterocycles. The summed E-state index contributed by atoms with van der Waals surface area (Å²) >= 11 is 0. The Morgan fingerprint density at radius 2 is 1.85 bits per heavy atom. The lowest BCUT2D eigenvalue weighted by Crippen LogP contribution is -2.29. The zero-order valence-corrected chi connectivity index (χ0v) is 16.9. The third-order valence-electron chi connectivity index (χ3n) is 4.49. The molecule has 1 amide bonds. The van der Waals surface area contributed by atoms with E-state index in [0.29, 0.717) is 24.8 Å². The average molecular weight is 412 g/mol. The SMILES string of the molecule is Cl.Cl.O=C(CCC1CCNCC1)NCc1ccc(Oc2ccccc2)nc1. The molecule has 1 fully saturated rings. The largest absolute Gasteiger partial charge is 0.439 e. The van der Waals surface area contributed by atoms with E-state index in [2.05, 4.69) is 15.6 Å². The average Bonchev–Trinajstić information content (AvgIpc) is 2.67. The first-order valence-electron chi connectivity index (χ1n) is 8.95. The minimum Gasteiger partial charge on any atom is -0.439 e. The maximum Gasteiger partial charge on any atom is 0.220 e. The van der Waals surface area contributed by atoms with Gasteiger partial charge in [0.2, 0.25) is 11.8 Å². The summed E-state index contributed by atoms with van der Waals surface area (Å²) in [4.78, 5) is 16.3. The maximum absolute atomic E-state index is 12.0. The highest BCUT2D eigenvalue weighted by Gasteiger charge is 2.14. The van der Waals surface area contributed by atoms with Crippen LogP contribution in [0.2, 0.25) is 0 Å². The van der Waals surface area contributed by atoms with Crippen LogP contribution in [0.3, 0.4) is 0 Å². The van der Waals surface area contributed by atoms with Gasteiger partial charge in [-0.15, -0.1) is 24.8 Å². The fourth-order valence-corrected chi connectivity index (χ4v) is 2.98. The van der Waals surface area contributed by atoms with Crippen LogP contribution in [-0.2, 0) is 11.3 Å². The van der Waals surface area contributed by atoms with Crippen molar-refractivity contribution in [2.45, 2.75) is 32.2 Å². The third kappa shape index (κ3) is 8.16. The van der Waals surface area contributed by atoms with Crippen LogP contribution < -0.4 is 15.4 Å². The Kier molecular flexibility index (Phi) is 10.8. The highest BCUT2D eigenvalue weighted by molar-refractivity contribution is 5.85. The first-order valence-corrected chi connectivity index (χ1v) is 8.95. The molecule has 1 aliphatic heterocycles. The molecule has 0 radical (unpaired) electrons. The first kappa shape index (κ1) is 23.2. The number of nitrogens with one attached hydrogen (secondary N) is 2. The van der Waals surface area contributed by atoms with Gasteiger partial charge in [0.25, 0.3) is 0 Å². The van der Waals surface area contributed by atoms with Crippen LogP contribution in [0.15, 0.2) is 48.7 Å². The van der Waals surface area contributed by atoms with Crippen molar-refractivity contribution in [3.05, 3.63) is 54.2 Å². The number of hydrogen-bond acceptors (Lipinski definition) is 4. The van der Waals surface area contributed by atoms with Gasteiger partial charge in [0.05, 0.1) is 0 Å². The van der Waals surface area contributed by atoms with Crippen molar-refractivity contribution < 1.29 is 9.53 Å². The fourth-order valence-electron chi connectivity index (χ4n) is 2.98. The van der Waals surface area contributed by atoms with Gasteiger partial charge in [0.1, 0.15) is 5.75 Å².